The van der Waals surface area contributed by atoms with Gasteiger partial charge >= 0.3 is 0 Å². The van der Waals surface area contributed by atoms with E-state index >= 15 is 0 Å². The first-order valence-electron chi connectivity index (χ1n) is 7.34. The predicted molar refractivity (Wildman–Crippen MR) is 87.9 cm³/mol. The standard InChI is InChI=1S/C17H20N2OS/c1-4-8-18-16(15-10-19-12(3)21-15)14-9-13-7-5-6-11(2)17(13)20-14/h5-7,9-10,16,18H,4,8H2,1-3H3. The lowest BCUT2D eigenvalue weighted by Gasteiger charge is -2.13. The molecule has 2 heterocycles. The molecule has 0 fully saturated rings. The number of hydrogen-bond donors (Lipinski definition) is 1. The Morgan fingerprint density at radius 1 is 1.33 bits per heavy atom. The highest BCUT2D eigenvalue weighted by Gasteiger charge is 2.20. The van der Waals surface area contributed by atoms with Gasteiger partial charge in [-0.1, -0.05) is 25.1 Å². The third-order valence-electron chi connectivity index (χ3n) is 3.57. The predicted octanol–water partition coefficient (Wildman–Crippen LogP) is 4.60. The summed E-state index contributed by atoms with van der Waals surface area (Å²) in [5, 5.41) is 5.82. The van der Waals surface area contributed by atoms with Crippen LogP contribution in [0, 0.1) is 13.8 Å². The molecule has 0 aliphatic rings. The van der Waals surface area contributed by atoms with Gasteiger partial charge in [0.25, 0.3) is 0 Å². The minimum Gasteiger partial charge on any atom is -0.459 e. The number of nitrogens with one attached hydrogen (secondary N) is 1. The number of furan rings is 1. The molecule has 3 aromatic rings. The van der Waals surface area contributed by atoms with Gasteiger partial charge in [0.1, 0.15) is 17.4 Å². The van der Waals surface area contributed by atoms with Crippen molar-refractivity contribution in [2.45, 2.75) is 33.2 Å². The van der Waals surface area contributed by atoms with Crippen molar-refractivity contribution in [3.63, 3.8) is 0 Å². The Bertz CT molecular complexity index is 744. The minimum atomic E-state index is 0.0861. The van der Waals surface area contributed by atoms with Crippen molar-refractivity contribution in [1.82, 2.24) is 10.3 Å². The molecule has 0 amide bonds. The van der Waals surface area contributed by atoms with Crippen molar-refractivity contribution in [3.8, 4) is 0 Å². The fourth-order valence-corrected chi connectivity index (χ4v) is 3.38. The van der Waals surface area contributed by atoms with Gasteiger partial charge in [-0.15, -0.1) is 11.3 Å². The molecule has 0 radical (unpaired) electrons. The number of para-hydroxylation sites is 1. The molecule has 0 bridgehead atoms. The number of nitrogens with zero attached hydrogens (tertiary/aromatic N) is 1. The molecule has 4 heteroatoms. The average Bonchev–Trinajstić information content (AvgIpc) is 3.07. The molecule has 0 saturated carbocycles. The maximum atomic E-state index is 6.14. The number of fused-ring (bicyclic) bond motifs is 1. The van der Waals surface area contributed by atoms with Gasteiger partial charge in [-0.3, -0.25) is 0 Å². The molecule has 2 aromatic heterocycles. The van der Waals surface area contributed by atoms with Crippen LogP contribution in [0.2, 0.25) is 0 Å². The second-order valence-corrected chi connectivity index (χ2v) is 6.58. The van der Waals surface area contributed by atoms with Crippen LogP contribution in [0.25, 0.3) is 11.0 Å². The molecule has 0 saturated heterocycles. The highest BCUT2D eigenvalue weighted by atomic mass is 32.1. The summed E-state index contributed by atoms with van der Waals surface area (Å²) >= 11 is 1.72. The van der Waals surface area contributed by atoms with E-state index in [1.165, 1.54) is 10.4 Å². The summed E-state index contributed by atoms with van der Waals surface area (Å²) < 4.78 is 6.14. The maximum absolute atomic E-state index is 6.14. The molecule has 110 valence electrons. The van der Waals surface area contributed by atoms with Crippen molar-refractivity contribution < 1.29 is 4.42 Å². The molecular formula is C17H20N2OS. The molecule has 0 aliphatic carbocycles. The van der Waals surface area contributed by atoms with Gasteiger partial charge in [0.2, 0.25) is 0 Å². The van der Waals surface area contributed by atoms with E-state index in [1.54, 1.807) is 11.3 Å². The monoisotopic (exact) mass is 300 g/mol. The first-order valence-corrected chi connectivity index (χ1v) is 8.15. The third-order valence-corrected chi connectivity index (χ3v) is 4.54. The van der Waals surface area contributed by atoms with Crippen LogP contribution in [0.3, 0.4) is 0 Å². The number of aryl methyl sites for hydroxylation is 2. The van der Waals surface area contributed by atoms with Gasteiger partial charge < -0.3 is 9.73 Å². The minimum absolute atomic E-state index is 0.0861. The van der Waals surface area contributed by atoms with Crippen molar-refractivity contribution in [3.05, 3.63) is 51.7 Å². The molecule has 0 spiro atoms. The number of aromatic nitrogens is 1. The molecule has 1 unspecified atom stereocenters. The second-order valence-electron chi connectivity index (χ2n) is 5.31. The summed E-state index contributed by atoms with van der Waals surface area (Å²) in [7, 11) is 0. The first-order chi connectivity index (χ1) is 10.2. The highest BCUT2D eigenvalue weighted by molar-refractivity contribution is 7.11. The summed E-state index contributed by atoms with van der Waals surface area (Å²) in [5.41, 5.74) is 2.16. The Labute approximate surface area is 129 Å². The van der Waals surface area contributed by atoms with E-state index in [9.17, 15) is 0 Å². The molecule has 3 rings (SSSR count). The van der Waals surface area contributed by atoms with E-state index in [2.05, 4.69) is 48.4 Å². The van der Waals surface area contributed by atoms with Gasteiger partial charge in [0.15, 0.2) is 0 Å². The Hall–Kier alpha value is -1.65. The van der Waals surface area contributed by atoms with E-state index in [-0.39, 0.29) is 6.04 Å². The van der Waals surface area contributed by atoms with Crippen LogP contribution in [0.4, 0.5) is 0 Å². The number of benzene rings is 1. The van der Waals surface area contributed by atoms with Crippen molar-refractivity contribution in [2.24, 2.45) is 0 Å². The van der Waals surface area contributed by atoms with Crippen LogP contribution in [-0.2, 0) is 0 Å². The number of hydrogen-bond acceptors (Lipinski definition) is 4. The van der Waals surface area contributed by atoms with Gasteiger partial charge in [0, 0.05) is 16.5 Å². The quantitative estimate of drug-likeness (QED) is 0.748. The lowest BCUT2D eigenvalue weighted by Crippen LogP contribution is -2.21. The lowest BCUT2D eigenvalue weighted by molar-refractivity contribution is 0.472. The molecule has 1 atom stereocenters. The van der Waals surface area contributed by atoms with E-state index in [1.807, 2.05) is 13.1 Å². The largest absolute Gasteiger partial charge is 0.459 e. The summed E-state index contributed by atoms with van der Waals surface area (Å²) in [4.78, 5) is 5.59. The zero-order valence-corrected chi connectivity index (χ0v) is 13.5. The Morgan fingerprint density at radius 2 is 2.19 bits per heavy atom. The second kappa shape index (κ2) is 6.00. The fraction of sp³-hybridized carbons (Fsp3) is 0.353. The summed E-state index contributed by atoms with van der Waals surface area (Å²) in [5.74, 6) is 0.969. The van der Waals surface area contributed by atoms with Gasteiger partial charge in [-0.2, -0.15) is 0 Å². The van der Waals surface area contributed by atoms with Crippen LogP contribution in [0.1, 0.15) is 40.6 Å². The molecular weight excluding hydrogens is 280 g/mol. The van der Waals surface area contributed by atoms with Crippen LogP contribution in [0.15, 0.2) is 34.9 Å². The normalized spacial score (nSPS) is 12.9. The Morgan fingerprint density at radius 3 is 2.86 bits per heavy atom. The average molecular weight is 300 g/mol. The van der Waals surface area contributed by atoms with E-state index in [0.717, 1.165) is 34.7 Å². The molecule has 21 heavy (non-hydrogen) atoms. The van der Waals surface area contributed by atoms with Crippen LogP contribution in [0.5, 0.6) is 0 Å². The summed E-state index contributed by atoms with van der Waals surface area (Å²) in [6.45, 7) is 7.25. The zero-order valence-electron chi connectivity index (χ0n) is 12.6. The fourth-order valence-electron chi connectivity index (χ4n) is 2.51. The van der Waals surface area contributed by atoms with Crippen molar-refractivity contribution in [1.29, 1.82) is 0 Å². The van der Waals surface area contributed by atoms with Crippen LogP contribution >= 0.6 is 11.3 Å². The highest BCUT2D eigenvalue weighted by Crippen LogP contribution is 2.32. The molecule has 3 nitrogen and oxygen atoms in total. The van der Waals surface area contributed by atoms with Gasteiger partial charge in [-0.25, -0.2) is 4.98 Å². The smallest absolute Gasteiger partial charge is 0.137 e. The molecule has 0 aliphatic heterocycles. The van der Waals surface area contributed by atoms with E-state index in [0.29, 0.717) is 0 Å². The summed E-state index contributed by atoms with van der Waals surface area (Å²) in [6.07, 6.45) is 3.04. The maximum Gasteiger partial charge on any atom is 0.137 e. The number of thiazole rings is 1. The SMILES string of the molecule is CCCNC(c1cc2cccc(C)c2o1)c1cnc(C)s1. The Balaban J connectivity index is 2.03. The van der Waals surface area contributed by atoms with Crippen molar-refractivity contribution in [2.75, 3.05) is 6.54 Å². The van der Waals surface area contributed by atoms with Crippen LogP contribution < -0.4 is 5.32 Å². The van der Waals surface area contributed by atoms with Crippen molar-refractivity contribution >= 4 is 22.3 Å². The van der Waals surface area contributed by atoms with E-state index in [4.69, 9.17) is 4.42 Å². The van der Waals surface area contributed by atoms with E-state index < -0.39 is 0 Å². The third kappa shape index (κ3) is 2.87. The van der Waals surface area contributed by atoms with Gasteiger partial charge in [-0.05, 0) is 38.4 Å². The first kappa shape index (κ1) is 14.3. The topological polar surface area (TPSA) is 38.1 Å². The lowest BCUT2D eigenvalue weighted by atomic mass is 10.1. The zero-order chi connectivity index (χ0) is 14.8. The molecule has 1 N–H and O–H groups in total. The number of rotatable bonds is 5. The summed E-state index contributed by atoms with van der Waals surface area (Å²) in [6, 6.07) is 8.49. The molecule has 1 aromatic carbocycles. The van der Waals surface area contributed by atoms with Gasteiger partial charge in [0.05, 0.1) is 5.01 Å². The Kier molecular flexibility index (Phi) is 4.08. The van der Waals surface area contributed by atoms with Crippen LogP contribution in [-0.4, -0.2) is 11.5 Å².